The molecular formula is C20H17N5OS. The molecule has 0 saturated heterocycles. The van der Waals surface area contributed by atoms with Gasteiger partial charge in [0.1, 0.15) is 5.01 Å². The molecule has 0 aliphatic carbocycles. The largest absolute Gasteiger partial charge is 0.305 e. The van der Waals surface area contributed by atoms with Crippen molar-refractivity contribution >= 4 is 23.1 Å². The third-order valence-corrected chi connectivity index (χ3v) is 4.95. The van der Waals surface area contributed by atoms with Crippen molar-refractivity contribution in [1.29, 1.82) is 0 Å². The van der Waals surface area contributed by atoms with E-state index in [0.29, 0.717) is 17.9 Å². The predicted octanol–water partition coefficient (Wildman–Crippen LogP) is 4.01. The SMILES string of the molecule is Cc1csc(-c2ccc(C(=O)Nc3ccn(Cc4ccccn4)n3)cc2)n1. The summed E-state index contributed by atoms with van der Waals surface area (Å²) < 4.78 is 1.74. The molecule has 4 aromatic rings. The highest BCUT2D eigenvalue weighted by molar-refractivity contribution is 7.13. The number of anilines is 1. The van der Waals surface area contributed by atoms with Crippen molar-refractivity contribution in [3.05, 3.63) is 83.3 Å². The predicted molar refractivity (Wildman–Crippen MR) is 106 cm³/mol. The van der Waals surface area contributed by atoms with Crippen molar-refractivity contribution in [2.45, 2.75) is 13.5 Å². The Labute approximate surface area is 160 Å². The van der Waals surface area contributed by atoms with E-state index in [2.05, 4.69) is 20.4 Å². The van der Waals surface area contributed by atoms with Gasteiger partial charge in [0.25, 0.3) is 5.91 Å². The van der Waals surface area contributed by atoms with E-state index in [9.17, 15) is 4.79 Å². The van der Waals surface area contributed by atoms with Crippen LogP contribution in [0.5, 0.6) is 0 Å². The van der Waals surface area contributed by atoms with Crippen molar-refractivity contribution in [1.82, 2.24) is 19.7 Å². The first kappa shape index (κ1) is 17.1. The highest BCUT2D eigenvalue weighted by Gasteiger charge is 2.10. The summed E-state index contributed by atoms with van der Waals surface area (Å²) in [6.07, 6.45) is 3.57. The minimum absolute atomic E-state index is 0.194. The number of pyridine rings is 1. The Morgan fingerprint density at radius 1 is 1.15 bits per heavy atom. The molecule has 4 rings (SSSR count). The van der Waals surface area contributed by atoms with Gasteiger partial charge in [-0.25, -0.2) is 4.98 Å². The number of hydrogen-bond donors (Lipinski definition) is 1. The Morgan fingerprint density at radius 3 is 2.70 bits per heavy atom. The summed E-state index contributed by atoms with van der Waals surface area (Å²) in [7, 11) is 0. The van der Waals surface area contributed by atoms with Gasteiger partial charge in [0.15, 0.2) is 5.82 Å². The van der Waals surface area contributed by atoms with Gasteiger partial charge in [-0.15, -0.1) is 11.3 Å². The second-order valence-electron chi connectivity index (χ2n) is 6.05. The zero-order chi connectivity index (χ0) is 18.6. The topological polar surface area (TPSA) is 72.7 Å². The standard InChI is InChI=1S/C20H17N5OS/c1-14-13-27-20(22-14)16-7-5-15(6-8-16)19(26)23-18-9-11-25(24-18)12-17-4-2-3-10-21-17/h2-11,13H,12H2,1H3,(H,23,24,26). The number of aryl methyl sites for hydroxylation is 1. The van der Waals surface area contributed by atoms with Gasteiger partial charge in [0, 0.05) is 40.7 Å². The molecule has 7 heteroatoms. The fraction of sp³-hybridized carbons (Fsp3) is 0.100. The molecule has 0 atom stereocenters. The third kappa shape index (κ3) is 4.09. The average Bonchev–Trinajstić information content (AvgIpc) is 3.31. The second kappa shape index (κ2) is 7.51. The zero-order valence-electron chi connectivity index (χ0n) is 14.7. The van der Waals surface area contributed by atoms with E-state index in [1.807, 2.05) is 48.8 Å². The molecule has 134 valence electrons. The number of carbonyl (C=O) groups excluding carboxylic acids is 1. The molecule has 27 heavy (non-hydrogen) atoms. The van der Waals surface area contributed by atoms with Gasteiger partial charge in [-0.2, -0.15) is 5.10 Å². The number of aromatic nitrogens is 4. The molecule has 3 heterocycles. The molecule has 0 unspecified atom stereocenters. The van der Waals surface area contributed by atoms with E-state index in [-0.39, 0.29) is 5.91 Å². The van der Waals surface area contributed by atoms with Crippen LogP contribution in [-0.2, 0) is 6.54 Å². The van der Waals surface area contributed by atoms with Gasteiger partial charge in [-0.3, -0.25) is 14.5 Å². The molecule has 6 nitrogen and oxygen atoms in total. The van der Waals surface area contributed by atoms with Crippen LogP contribution in [0, 0.1) is 6.92 Å². The molecular weight excluding hydrogens is 358 g/mol. The number of carbonyl (C=O) groups is 1. The van der Waals surface area contributed by atoms with Crippen LogP contribution in [0.4, 0.5) is 5.82 Å². The summed E-state index contributed by atoms with van der Waals surface area (Å²) in [5, 5.41) is 10.2. The Morgan fingerprint density at radius 2 is 2.00 bits per heavy atom. The van der Waals surface area contributed by atoms with E-state index >= 15 is 0 Å². The molecule has 0 aliphatic heterocycles. The Balaban J connectivity index is 1.42. The van der Waals surface area contributed by atoms with Crippen LogP contribution in [-0.4, -0.2) is 25.7 Å². The van der Waals surface area contributed by atoms with Gasteiger partial charge in [-0.05, 0) is 31.2 Å². The monoisotopic (exact) mass is 375 g/mol. The summed E-state index contributed by atoms with van der Waals surface area (Å²) in [5.74, 6) is 0.315. The lowest BCUT2D eigenvalue weighted by molar-refractivity contribution is 0.102. The maximum Gasteiger partial charge on any atom is 0.256 e. The lowest BCUT2D eigenvalue weighted by Gasteiger charge is -2.04. The molecule has 0 fully saturated rings. The number of nitrogens with zero attached hydrogens (tertiary/aromatic N) is 4. The van der Waals surface area contributed by atoms with Crippen molar-refractivity contribution in [3.63, 3.8) is 0 Å². The van der Waals surface area contributed by atoms with Crippen LogP contribution in [0.15, 0.2) is 66.3 Å². The van der Waals surface area contributed by atoms with Crippen LogP contribution in [0.25, 0.3) is 10.6 Å². The van der Waals surface area contributed by atoms with Crippen LogP contribution >= 0.6 is 11.3 Å². The first-order valence-corrected chi connectivity index (χ1v) is 9.32. The van der Waals surface area contributed by atoms with Crippen LogP contribution < -0.4 is 5.32 Å². The third-order valence-electron chi connectivity index (χ3n) is 3.95. The Bertz CT molecular complexity index is 1050. The molecule has 0 spiro atoms. The van der Waals surface area contributed by atoms with Crippen molar-refractivity contribution in [2.24, 2.45) is 0 Å². The number of thiazole rings is 1. The van der Waals surface area contributed by atoms with E-state index in [1.165, 1.54) is 0 Å². The summed E-state index contributed by atoms with van der Waals surface area (Å²) >= 11 is 1.59. The molecule has 3 aromatic heterocycles. The van der Waals surface area contributed by atoms with E-state index in [0.717, 1.165) is 22.0 Å². The second-order valence-corrected chi connectivity index (χ2v) is 6.90. The maximum atomic E-state index is 12.4. The summed E-state index contributed by atoms with van der Waals surface area (Å²) in [4.78, 5) is 21.2. The van der Waals surface area contributed by atoms with E-state index in [4.69, 9.17) is 0 Å². The number of hydrogen-bond acceptors (Lipinski definition) is 5. The molecule has 1 amide bonds. The molecule has 0 saturated carbocycles. The van der Waals surface area contributed by atoms with Crippen LogP contribution in [0.2, 0.25) is 0 Å². The fourth-order valence-corrected chi connectivity index (χ4v) is 3.42. The normalized spacial score (nSPS) is 10.7. The minimum atomic E-state index is -0.194. The van der Waals surface area contributed by atoms with E-state index in [1.54, 1.807) is 40.4 Å². The summed E-state index contributed by atoms with van der Waals surface area (Å²) in [6, 6.07) is 14.9. The van der Waals surface area contributed by atoms with Gasteiger partial charge < -0.3 is 5.32 Å². The van der Waals surface area contributed by atoms with E-state index < -0.39 is 0 Å². The fourth-order valence-electron chi connectivity index (χ4n) is 2.61. The van der Waals surface area contributed by atoms with Gasteiger partial charge in [0.2, 0.25) is 0 Å². The quantitative estimate of drug-likeness (QED) is 0.572. The Hall–Kier alpha value is -3.32. The highest BCUT2D eigenvalue weighted by Crippen LogP contribution is 2.23. The van der Waals surface area contributed by atoms with Gasteiger partial charge in [0.05, 0.1) is 12.2 Å². The van der Waals surface area contributed by atoms with Crippen molar-refractivity contribution < 1.29 is 4.79 Å². The molecule has 1 aromatic carbocycles. The summed E-state index contributed by atoms with van der Waals surface area (Å²) in [5.41, 5.74) is 3.49. The van der Waals surface area contributed by atoms with Gasteiger partial charge >= 0.3 is 0 Å². The first-order valence-electron chi connectivity index (χ1n) is 8.45. The molecule has 1 N–H and O–H groups in total. The maximum absolute atomic E-state index is 12.4. The van der Waals surface area contributed by atoms with Crippen LogP contribution in [0.3, 0.4) is 0 Å². The lowest BCUT2D eigenvalue weighted by atomic mass is 10.1. The molecule has 0 bridgehead atoms. The average molecular weight is 375 g/mol. The number of rotatable bonds is 5. The lowest BCUT2D eigenvalue weighted by Crippen LogP contribution is -2.12. The smallest absolute Gasteiger partial charge is 0.256 e. The molecule has 0 radical (unpaired) electrons. The molecule has 0 aliphatic rings. The van der Waals surface area contributed by atoms with Gasteiger partial charge in [-0.1, -0.05) is 18.2 Å². The van der Waals surface area contributed by atoms with Crippen molar-refractivity contribution in [3.8, 4) is 10.6 Å². The van der Waals surface area contributed by atoms with Crippen molar-refractivity contribution in [2.75, 3.05) is 5.32 Å². The highest BCUT2D eigenvalue weighted by atomic mass is 32.1. The number of nitrogens with one attached hydrogen (secondary N) is 1. The zero-order valence-corrected chi connectivity index (χ0v) is 15.5. The van der Waals surface area contributed by atoms with Crippen LogP contribution in [0.1, 0.15) is 21.7 Å². The number of benzene rings is 1. The first-order chi connectivity index (χ1) is 13.2. The number of amides is 1. The Kier molecular flexibility index (Phi) is 4.76. The minimum Gasteiger partial charge on any atom is -0.305 e. The summed E-state index contributed by atoms with van der Waals surface area (Å²) in [6.45, 7) is 2.52.